The second-order valence-corrected chi connectivity index (χ2v) is 6.16. The molecule has 0 aliphatic heterocycles. The van der Waals surface area contributed by atoms with Gasteiger partial charge in [0, 0.05) is 0 Å². The molecular weight excluding hydrogens is 302 g/mol. The highest BCUT2D eigenvalue weighted by Crippen LogP contribution is 2.07. The van der Waals surface area contributed by atoms with Crippen molar-refractivity contribution >= 4 is 17.9 Å². The second-order valence-electron chi connectivity index (χ2n) is 6.16. The van der Waals surface area contributed by atoms with E-state index in [0.29, 0.717) is 17.4 Å². The summed E-state index contributed by atoms with van der Waals surface area (Å²) in [5.74, 6) is -2.37. The Kier molecular flexibility index (Phi) is 9.57. The Labute approximate surface area is 136 Å². The van der Waals surface area contributed by atoms with Crippen LogP contribution in [0.4, 0.5) is 0 Å². The van der Waals surface area contributed by atoms with E-state index >= 15 is 0 Å². The fraction of sp³-hybridized carbons (Fsp3) is 0.562. The van der Waals surface area contributed by atoms with Crippen molar-refractivity contribution in [1.29, 1.82) is 0 Å². The number of quaternary nitrogens is 1. The summed E-state index contributed by atoms with van der Waals surface area (Å²) in [5.41, 5.74) is 0. The number of likely N-dealkylation sites (N-methyl/N-ethyl adjacent to an activating group) is 1. The number of carbonyl (C=O) groups excluding carboxylic acids is 1. The van der Waals surface area contributed by atoms with Gasteiger partial charge in [-0.3, -0.25) is 14.4 Å². The monoisotopic (exact) mass is 328 g/mol. The molecular formula is C16H26NO6+. The van der Waals surface area contributed by atoms with Crippen molar-refractivity contribution in [2.24, 2.45) is 0 Å². The number of allylic oxidation sites excluding steroid dienone is 2. The van der Waals surface area contributed by atoms with Crippen LogP contribution in [0.15, 0.2) is 24.3 Å². The zero-order valence-electron chi connectivity index (χ0n) is 13.9. The van der Waals surface area contributed by atoms with Crippen LogP contribution in [0.5, 0.6) is 0 Å². The predicted molar refractivity (Wildman–Crippen MR) is 84.8 cm³/mol. The molecule has 1 unspecified atom stereocenters. The molecule has 0 fully saturated rings. The number of rotatable bonds is 11. The van der Waals surface area contributed by atoms with Gasteiger partial charge in [-0.15, -0.1) is 0 Å². The van der Waals surface area contributed by atoms with Crippen LogP contribution in [0.1, 0.15) is 25.7 Å². The van der Waals surface area contributed by atoms with Crippen molar-refractivity contribution in [3.63, 3.8) is 0 Å². The van der Waals surface area contributed by atoms with Gasteiger partial charge in [0.05, 0.1) is 40.4 Å². The van der Waals surface area contributed by atoms with E-state index in [2.05, 4.69) is 0 Å². The predicted octanol–water partition coefficient (Wildman–Crippen LogP) is 1.45. The smallest absolute Gasteiger partial charge is 0.310 e. The molecule has 0 aromatic heterocycles. The molecule has 1 atom stereocenters. The Morgan fingerprint density at radius 2 is 1.52 bits per heavy atom. The van der Waals surface area contributed by atoms with Crippen molar-refractivity contribution in [2.45, 2.75) is 31.8 Å². The lowest BCUT2D eigenvalue weighted by Gasteiger charge is -2.28. The van der Waals surface area contributed by atoms with Gasteiger partial charge in [0.25, 0.3) is 0 Å². The number of ether oxygens (including phenoxy) is 1. The zero-order valence-corrected chi connectivity index (χ0v) is 13.9. The van der Waals surface area contributed by atoms with Crippen LogP contribution in [0.25, 0.3) is 0 Å². The first-order chi connectivity index (χ1) is 10.6. The Bertz CT molecular complexity index is 462. The van der Waals surface area contributed by atoms with E-state index in [0.717, 1.165) is 0 Å². The maximum absolute atomic E-state index is 11.7. The molecule has 0 aliphatic carbocycles. The maximum Gasteiger partial charge on any atom is 0.310 e. The molecule has 0 aromatic rings. The molecule has 0 saturated heterocycles. The van der Waals surface area contributed by atoms with Crippen LogP contribution in [0, 0.1) is 0 Å². The molecule has 0 rings (SSSR count). The number of carboxylic acid groups (broad SMARTS) is 2. The molecule has 23 heavy (non-hydrogen) atoms. The first-order valence-corrected chi connectivity index (χ1v) is 7.33. The van der Waals surface area contributed by atoms with Crippen molar-refractivity contribution in [3.05, 3.63) is 24.3 Å². The number of hydrogen-bond donors (Lipinski definition) is 2. The zero-order chi connectivity index (χ0) is 17.9. The third-order valence-corrected chi connectivity index (χ3v) is 2.63. The Morgan fingerprint density at radius 1 is 0.957 bits per heavy atom. The van der Waals surface area contributed by atoms with E-state index in [4.69, 9.17) is 14.9 Å². The SMILES string of the molecule is C[N+](C)(C)CC(CC(=O)O)OC(=O)C/C=C/C/C=C/CC(=O)O. The molecule has 0 heterocycles. The van der Waals surface area contributed by atoms with E-state index in [1.165, 1.54) is 6.08 Å². The second kappa shape index (κ2) is 10.6. The van der Waals surface area contributed by atoms with E-state index in [9.17, 15) is 14.4 Å². The topological polar surface area (TPSA) is 101 Å². The highest BCUT2D eigenvalue weighted by atomic mass is 16.5. The lowest BCUT2D eigenvalue weighted by molar-refractivity contribution is -0.873. The van der Waals surface area contributed by atoms with Crippen LogP contribution < -0.4 is 0 Å². The van der Waals surface area contributed by atoms with Crippen LogP contribution in [-0.4, -0.2) is 66.4 Å². The fourth-order valence-corrected chi connectivity index (χ4v) is 1.82. The maximum atomic E-state index is 11.7. The van der Waals surface area contributed by atoms with Gasteiger partial charge < -0.3 is 19.4 Å². The third kappa shape index (κ3) is 14.5. The molecule has 0 amide bonds. The Hall–Kier alpha value is -2.15. The quantitative estimate of drug-likeness (QED) is 0.338. The molecule has 7 nitrogen and oxygen atoms in total. The number of esters is 1. The minimum atomic E-state index is -1.00. The van der Waals surface area contributed by atoms with Gasteiger partial charge in [0.1, 0.15) is 6.54 Å². The molecule has 0 aliphatic rings. The van der Waals surface area contributed by atoms with Gasteiger partial charge >= 0.3 is 17.9 Å². The lowest BCUT2D eigenvalue weighted by Crippen LogP contribution is -2.43. The van der Waals surface area contributed by atoms with E-state index in [1.807, 2.05) is 21.1 Å². The molecule has 130 valence electrons. The molecule has 0 saturated carbocycles. The summed E-state index contributed by atoms with van der Waals surface area (Å²) in [7, 11) is 5.68. The van der Waals surface area contributed by atoms with E-state index in [1.54, 1.807) is 18.2 Å². The van der Waals surface area contributed by atoms with Crippen LogP contribution >= 0.6 is 0 Å². The summed E-state index contributed by atoms with van der Waals surface area (Å²) < 4.78 is 5.71. The molecule has 7 heteroatoms. The summed E-state index contributed by atoms with van der Waals surface area (Å²) in [5, 5.41) is 17.3. The average molecular weight is 328 g/mol. The van der Waals surface area contributed by atoms with Crippen molar-refractivity contribution in [3.8, 4) is 0 Å². The summed E-state index contributed by atoms with van der Waals surface area (Å²) in [6.45, 7) is 0.416. The molecule has 2 N–H and O–H groups in total. The van der Waals surface area contributed by atoms with E-state index < -0.39 is 24.0 Å². The highest BCUT2D eigenvalue weighted by molar-refractivity contribution is 5.72. The van der Waals surface area contributed by atoms with Crippen LogP contribution in [0.3, 0.4) is 0 Å². The number of carboxylic acids is 2. The normalized spacial score (nSPS) is 13.3. The van der Waals surface area contributed by atoms with Crippen molar-refractivity contribution in [1.82, 2.24) is 0 Å². The highest BCUT2D eigenvalue weighted by Gasteiger charge is 2.24. The summed E-state index contributed by atoms with van der Waals surface area (Å²) in [6, 6.07) is 0. The largest absolute Gasteiger partial charge is 0.481 e. The number of carbonyl (C=O) groups is 3. The first kappa shape index (κ1) is 20.9. The van der Waals surface area contributed by atoms with Gasteiger partial charge in [-0.25, -0.2) is 0 Å². The number of hydrogen-bond acceptors (Lipinski definition) is 4. The number of aliphatic carboxylic acids is 2. The number of nitrogens with zero attached hydrogens (tertiary/aromatic N) is 1. The minimum Gasteiger partial charge on any atom is -0.481 e. The first-order valence-electron chi connectivity index (χ1n) is 7.33. The van der Waals surface area contributed by atoms with Crippen LogP contribution in [-0.2, 0) is 19.1 Å². The molecule has 0 bridgehead atoms. The summed E-state index contributed by atoms with van der Waals surface area (Å²) >= 11 is 0. The molecule has 0 spiro atoms. The van der Waals surface area contributed by atoms with Gasteiger partial charge in [0.15, 0.2) is 6.10 Å². The Balaban J connectivity index is 4.23. The van der Waals surface area contributed by atoms with Gasteiger partial charge in [0.2, 0.25) is 0 Å². The molecule has 0 aromatic carbocycles. The fourth-order valence-electron chi connectivity index (χ4n) is 1.82. The summed E-state index contributed by atoms with van der Waals surface area (Å²) in [4.78, 5) is 32.8. The summed E-state index contributed by atoms with van der Waals surface area (Å²) in [6.07, 6.45) is 6.25. The van der Waals surface area contributed by atoms with E-state index in [-0.39, 0.29) is 19.3 Å². The Morgan fingerprint density at radius 3 is 2.00 bits per heavy atom. The minimum absolute atomic E-state index is 0.0300. The van der Waals surface area contributed by atoms with Crippen molar-refractivity contribution < 1.29 is 33.8 Å². The molecule has 0 radical (unpaired) electrons. The average Bonchev–Trinajstić information content (AvgIpc) is 2.34. The van der Waals surface area contributed by atoms with Crippen LogP contribution in [0.2, 0.25) is 0 Å². The van der Waals surface area contributed by atoms with Crippen molar-refractivity contribution in [2.75, 3.05) is 27.7 Å². The standard InChI is InChI=1S/C16H25NO6/c1-17(2,3)12-13(11-15(20)21)23-16(22)10-8-6-4-5-7-9-14(18)19/h5-8,13H,4,9-12H2,1-3H3,(H-,18,19,20,21)/p+1/b7-5+,8-6+. The van der Waals surface area contributed by atoms with Gasteiger partial charge in [-0.05, 0) is 6.42 Å². The van der Waals surface area contributed by atoms with Gasteiger partial charge in [-0.2, -0.15) is 0 Å². The van der Waals surface area contributed by atoms with Gasteiger partial charge in [-0.1, -0.05) is 24.3 Å². The third-order valence-electron chi connectivity index (χ3n) is 2.63. The lowest BCUT2D eigenvalue weighted by atomic mass is 10.2.